The van der Waals surface area contributed by atoms with Crippen LogP contribution in [0, 0.1) is 11.8 Å². The number of likely N-dealkylation sites (tertiary alicyclic amines) is 1. The van der Waals surface area contributed by atoms with Crippen LogP contribution in [0.25, 0.3) is 5.78 Å². The third-order valence-corrected chi connectivity index (χ3v) is 8.31. The van der Waals surface area contributed by atoms with Gasteiger partial charge >= 0.3 is 5.97 Å². The van der Waals surface area contributed by atoms with E-state index >= 15 is 0 Å². The highest BCUT2D eigenvalue weighted by Gasteiger charge is 2.31. The molecule has 37 heavy (non-hydrogen) atoms. The summed E-state index contributed by atoms with van der Waals surface area (Å²) in [6.45, 7) is 6.61. The highest BCUT2D eigenvalue weighted by molar-refractivity contribution is 6.35. The monoisotopic (exact) mass is 545 g/mol. The molecule has 2 aliphatic rings. The van der Waals surface area contributed by atoms with Crippen molar-refractivity contribution in [2.75, 3.05) is 42.9 Å². The molecule has 4 heterocycles. The second kappa shape index (κ2) is 11.4. The van der Waals surface area contributed by atoms with E-state index in [9.17, 15) is 4.79 Å². The predicted molar refractivity (Wildman–Crippen MR) is 146 cm³/mol. The van der Waals surface area contributed by atoms with Crippen LogP contribution >= 0.6 is 23.2 Å². The fraction of sp³-hybridized carbons (Fsp3) is 0.538. The van der Waals surface area contributed by atoms with E-state index in [0.29, 0.717) is 34.2 Å². The molecular weight excluding hydrogens is 513 g/mol. The molecule has 11 heteroatoms. The number of hydrogen-bond donors (Lipinski definition) is 2. The Balaban J connectivity index is 1.26. The molecule has 0 unspecified atom stereocenters. The number of aliphatic carboxylic acids is 1. The minimum Gasteiger partial charge on any atom is -0.481 e. The number of carbonyl (C=O) groups is 1. The Labute approximate surface area is 226 Å². The Morgan fingerprint density at radius 3 is 2.73 bits per heavy atom. The van der Waals surface area contributed by atoms with Crippen LogP contribution in [0.3, 0.4) is 0 Å². The largest absolute Gasteiger partial charge is 0.481 e. The number of nitrogens with zero attached hydrogens (tertiary/aromatic N) is 6. The van der Waals surface area contributed by atoms with Crippen molar-refractivity contribution in [1.82, 2.24) is 24.5 Å². The van der Waals surface area contributed by atoms with Gasteiger partial charge in [0.05, 0.1) is 12.5 Å². The lowest BCUT2D eigenvalue weighted by molar-refractivity contribution is -0.137. The maximum atomic E-state index is 11.0. The fourth-order valence-electron chi connectivity index (χ4n) is 5.75. The lowest BCUT2D eigenvalue weighted by atomic mass is 9.79. The van der Waals surface area contributed by atoms with Crippen molar-refractivity contribution in [3.05, 3.63) is 46.2 Å². The number of hydrogen-bond acceptors (Lipinski definition) is 7. The van der Waals surface area contributed by atoms with Gasteiger partial charge in [0, 0.05) is 42.3 Å². The molecule has 0 amide bonds. The number of nitrogens with one attached hydrogen (secondary N) is 1. The van der Waals surface area contributed by atoms with Gasteiger partial charge in [-0.2, -0.15) is 19.6 Å². The van der Waals surface area contributed by atoms with Crippen LogP contribution in [0.2, 0.25) is 10.0 Å². The average Bonchev–Trinajstić information content (AvgIpc) is 3.37. The van der Waals surface area contributed by atoms with E-state index < -0.39 is 5.97 Å². The number of anilines is 2. The van der Waals surface area contributed by atoms with Crippen molar-refractivity contribution in [3.63, 3.8) is 0 Å². The number of carboxylic acids is 1. The van der Waals surface area contributed by atoms with E-state index in [1.165, 1.54) is 12.7 Å². The van der Waals surface area contributed by atoms with Crippen LogP contribution in [0.1, 0.15) is 50.6 Å². The zero-order valence-electron chi connectivity index (χ0n) is 21.0. The van der Waals surface area contributed by atoms with E-state index in [-0.39, 0.29) is 12.5 Å². The van der Waals surface area contributed by atoms with Crippen LogP contribution in [0.5, 0.6) is 0 Å². The van der Waals surface area contributed by atoms with Gasteiger partial charge in [-0.1, -0.05) is 29.3 Å². The third-order valence-electron chi connectivity index (χ3n) is 7.75. The fourth-order valence-corrected chi connectivity index (χ4v) is 6.32. The lowest BCUT2D eigenvalue weighted by Crippen LogP contribution is -2.43. The number of aromatic nitrogens is 4. The van der Waals surface area contributed by atoms with Crippen LogP contribution < -0.4 is 10.2 Å². The molecule has 2 saturated heterocycles. The van der Waals surface area contributed by atoms with Gasteiger partial charge in [0.15, 0.2) is 0 Å². The highest BCUT2D eigenvalue weighted by Crippen LogP contribution is 2.34. The van der Waals surface area contributed by atoms with Crippen molar-refractivity contribution in [2.24, 2.45) is 11.8 Å². The molecule has 1 aromatic carbocycles. The minimum atomic E-state index is -0.716. The molecule has 0 spiro atoms. The molecule has 198 valence electrons. The predicted octanol–water partition coefficient (Wildman–Crippen LogP) is 5.01. The second-order valence-corrected chi connectivity index (χ2v) is 11.0. The molecule has 0 radical (unpaired) electrons. The lowest BCUT2D eigenvalue weighted by Gasteiger charge is -2.41. The summed E-state index contributed by atoms with van der Waals surface area (Å²) in [5, 5.41) is 18.1. The molecule has 2 atom stereocenters. The van der Waals surface area contributed by atoms with Crippen LogP contribution in [0.4, 0.5) is 11.6 Å². The smallest absolute Gasteiger partial charge is 0.304 e. The van der Waals surface area contributed by atoms with Crippen molar-refractivity contribution < 1.29 is 9.90 Å². The Hall–Kier alpha value is -2.62. The van der Waals surface area contributed by atoms with E-state index in [0.717, 1.165) is 62.6 Å². The Morgan fingerprint density at radius 2 is 1.97 bits per heavy atom. The average molecular weight is 547 g/mol. The number of benzene rings is 1. The zero-order valence-corrected chi connectivity index (χ0v) is 22.5. The zero-order chi connectivity index (χ0) is 25.9. The standard InChI is InChI=1S/C26H33Cl2N7O2/c1-17(21-5-4-20(27)13-22(21)28)31-24-14-23(32-26-29-16-30-35(24)26)34-11-6-18(7-12-34)19-3-2-9-33(15-19)10-8-25(36)37/h4-5,13-14,16-19,31H,2-3,6-12,15H2,1H3,(H,36,37)/t17-,19+/m1/s1. The molecule has 0 saturated carbocycles. The topological polar surface area (TPSA) is 98.9 Å². The quantitative estimate of drug-likeness (QED) is 0.407. The molecule has 2 fully saturated rings. The summed E-state index contributed by atoms with van der Waals surface area (Å²) in [5.74, 6) is 2.83. The van der Waals surface area contributed by atoms with Crippen LogP contribution in [-0.4, -0.2) is 68.3 Å². The number of carboxylic acid groups (broad SMARTS) is 1. The number of rotatable bonds is 8. The van der Waals surface area contributed by atoms with Gasteiger partial charge in [0.1, 0.15) is 18.0 Å². The van der Waals surface area contributed by atoms with E-state index in [1.807, 2.05) is 25.1 Å². The SMILES string of the molecule is C[C@@H](Nc1cc(N2CCC([C@H]3CCCN(CCC(=O)O)C3)CC2)nc2ncnn12)c1ccc(Cl)cc1Cl. The molecule has 5 rings (SSSR count). The Morgan fingerprint density at radius 1 is 1.16 bits per heavy atom. The first kappa shape index (κ1) is 26.0. The first-order valence-electron chi connectivity index (χ1n) is 13.0. The number of fused-ring (bicyclic) bond motifs is 1. The van der Waals surface area contributed by atoms with Gasteiger partial charge in [0.2, 0.25) is 0 Å². The molecule has 9 nitrogen and oxygen atoms in total. The van der Waals surface area contributed by atoms with Gasteiger partial charge in [-0.05, 0) is 68.7 Å². The summed E-state index contributed by atoms with van der Waals surface area (Å²) in [6.07, 6.45) is 6.34. The van der Waals surface area contributed by atoms with E-state index in [4.69, 9.17) is 33.3 Å². The summed E-state index contributed by atoms with van der Waals surface area (Å²) in [4.78, 5) is 24.8. The minimum absolute atomic E-state index is 0.0754. The van der Waals surface area contributed by atoms with Crippen LogP contribution in [-0.2, 0) is 4.79 Å². The second-order valence-electron chi connectivity index (χ2n) is 10.2. The van der Waals surface area contributed by atoms with E-state index in [2.05, 4.69) is 25.2 Å². The van der Waals surface area contributed by atoms with Crippen molar-refractivity contribution in [2.45, 2.75) is 45.1 Å². The molecular formula is C26H33Cl2N7O2. The molecule has 2 N–H and O–H groups in total. The van der Waals surface area contributed by atoms with Crippen molar-refractivity contribution in [3.8, 4) is 0 Å². The summed E-state index contributed by atoms with van der Waals surface area (Å²) in [7, 11) is 0. The maximum Gasteiger partial charge on any atom is 0.304 e. The van der Waals surface area contributed by atoms with Crippen molar-refractivity contribution in [1.29, 1.82) is 0 Å². The molecule has 0 bridgehead atoms. The summed E-state index contributed by atoms with van der Waals surface area (Å²) >= 11 is 12.5. The van der Waals surface area contributed by atoms with Gasteiger partial charge < -0.3 is 20.2 Å². The number of piperidine rings is 2. The first-order valence-corrected chi connectivity index (χ1v) is 13.7. The number of halogens is 2. The third kappa shape index (κ3) is 6.10. The van der Waals surface area contributed by atoms with Crippen LogP contribution in [0.15, 0.2) is 30.6 Å². The first-order chi connectivity index (χ1) is 17.9. The highest BCUT2D eigenvalue weighted by atomic mass is 35.5. The van der Waals surface area contributed by atoms with Gasteiger partial charge in [-0.15, -0.1) is 0 Å². The summed E-state index contributed by atoms with van der Waals surface area (Å²) < 4.78 is 1.71. The normalized spacial score (nSPS) is 20.3. The summed E-state index contributed by atoms with van der Waals surface area (Å²) in [5.41, 5.74) is 0.948. The maximum absolute atomic E-state index is 11.0. The molecule has 2 aromatic heterocycles. The Bertz CT molecular complexity index is 1240. The molecule has 2 aliphatic heterocycles. The molecule has 3 aromatic rings. The Kier molecular flexibility index (Phi) is 8.02. The van der Waals surface area contributed by atoms with E-state index in [1.54, 1.807) is 10.6 Å². The van der Waals surface area contributed by atoms with Gasteiger partial charge in [-0.3, -0.25) is 4.79 Å². The van der Waals surface area contributed by atoms with Gasteiger partial charge in [0.25, 0.3) is 5.78 Å². The van der Waals surface area contributed by atoms with Crippen molar-refractivity contribution >= 4 is 46.6 Å². The molecule has 0 aliphatic carbocycles. The van der Waals surface area contributed by atoms with Gasteiger partial charge in [-0.25, -0.2) is 0 Å². The summed E-state index contributed by atoms with van der Waals surface area (Å²) in [6, 6.07) is 7.49.